The van der Waals surface area contributed by atoms with Gasteiger partial charge in [0.15, 0.2) is 0 Å². The van der Waals surface area contributed by atoms with Gasteiger partial charge in [-0.25, -0.2) is 0 Å². The topological polar surface area (TPSA) is 47.4 Å². The number of benzene rings is 1. The molecule has 0 aliphatic carbocycles. The van der Waals surface area contributed by atoms with Crippen molar-refractivity contribution in [2.45, 2.75) is 26.3 Å². The molecule has 2 aliphatic rings. The Hall–Kier alpha value is -2.82. The highest BCUT2D eigenvalue weighted by Crippen LogP contribution is 2.28. The first kappa shape index (κ1) is 15.7. The lowest BCUT2D eigenvalue weighted by Crippen LogP contribution is -2.30. The second kappa shape index (κ2) is 6.24. The van der Waals surface area contributed by atoms with Crippen LogP contribution < -0.4 is 4.74 Å². The summed E-state index contributed by atoms with van der Waals surface area (Å²) < 4.78 is 7.64. The van der Waals surface area contributed by atoms with Crippen molar-refractivity contribution in [1.29, 1.82) is 0 Å². The molecule has 1 amide bonds. The highest BCUT2D eigenvalue weighted by atomic mass is 16.5. The number of para-hydroxylation sites is 1. The van der Waals surface area contributed by atoms with Crippen molar-refractivity contribution in [1.82, 2.24) is 14.7 Å². The molecule has 1 atom stereocenters. The zero-order chi connectivity index (χ0) is 17.4. The van der Waals surface area contributed by atoms with Crippen molar-refractivity contribution >= 4 is 12.0 Å². The highest BCUT2D eigenvalue weighted by molar-refractivity contribution is 6.01. The van der Waals surface area contributed by atoms with Gasteiger partial charge in [0, 0.05) is 29.9 Å². The van der Waals surface area contributed by atoms with E-state index in [1.807, 2.05) is 42.2 Å². The Morgan fingerprint density at radius 2 is 2.12 bits per heavy atom. The van der Waals surface area contributed by atoms with Crippen molar-refractivity contribution in [3.8, 4) is 5.75 Å². The number of likely N-dealkylation sites (tertiary alicyclic amines) is 1. The van der Waals surface area contributed by atoms with E-state index in [0.29, 0.717) is 12.1 Å². The number of hydrogen-bond acceptors (Lipinski definition) is 3. The summed E-state index contributed by atoms with van der Waals surface area (Å²) in [4.78, 5) is 14.9. The van der Waals surface area contributed by atoms with Crippen LogP contribution in [0.1, 0.15) is 29.4 Å². The van der Waals surface area contributed by atoms with E-state index in [4.69, 9.17) is 4.74 Å². The zero-order valence-corrected chi connectivity index (χ0v) is 14.5. The smallest absolute Gasteiger partial charge is 0.254 e. The average molecular weight is 335 g/mol. The molecule has 1 saturated heterocycles. The molecule has 0 saturated carbocycles. The third-order valence-electron chi connectivity index (χ3n) is 4.76. The number of rotatable bonds is 2. The van der Waals surface area contributed by atoms with Crippen LogP contribution in [0.4, 0.5) is 0 Å². The van der Waals surface area contributed by atoms with E-state index in [0.717, 1.165) is 35.7 Å². The Balaban J connectivity index is 1.54. The minimum absolute atomic E-state index is 0.0422. The van der Waals surface area contributed by atoms with Crippen LogP contribution in [0, 0.1) is 13.8 Å². The van der Waals surface area contributed by atoms with E-state index < -0.39 is 0 Å². The average Bonchev–Trinajstić information content (AvgIpc) is 3.14. The Morgan fingerprint density at radius 1 is 1.28 bits per heavy atom. The standard InChI is InChI=1S/C20H21N3O2/c1-14-11-15(2)23(21-14)18-7-9-22(13-18)20(24)17-8-10-25-19-6-4-3-5-16(19)12-17/h3-6,8,10-12,18H,7,9,13H2,1-2H3/t18-/m0/s1. The van der Waals surface area contributed by atoms with Crippen LogP contribution in [0.2, 0.25) is 0 Å². The lowest BCUT2D eigenvalue weighted by molar-refractivity contribution is -0.125. The van der Waals surface area contributed by atoms with Gasteiger partial charge in [-0.05, 0) is 44.6 Å². The lowest BCUT2D eigenvalue weighted by Gasteiger charge is -2.18. The quantitative estimate of drug-likeness (QED) is 0.846. The molecule has 0 bridgehead atoms. The molecule has 2 aliphatic heterocycles. The molecule has 1 fully saturated rings. The van der Waals surface area contributed by atoms with Crippen molar-refractivity contribution in [2.24, 2.45) is 0 Å². The van der Waals surface area contributed by atoms with E-state index in [9.17, 15) is 4.79 Å². The van der Waals surface area contributed by atoms with Gasteiger partial charge in [-0.15, -0.1) is 0 Å². The van der Waals surface area contributed by atoms with Gasteiger partial charge in [-0.1, -0.05) is 18.2 Å². The maximum absolute atomic E-state index is 13.0. The molecular formula is C20H21N3O2. The normalized spacial score (nSPS) is 19.2. The number of ether oxygens (including phenoxy) is 1. The van der Waals surface area contributed by atoms with Gasteiger partial charge in [0.25, 0.3) is 5.91 Å². The summed E-state index contributed by atoms with van der Waals surface area (Å²) in [5.74, 6) is 0.809. The summed E-state index contributed by atoms with van der Waals surface area (Å²) in [6, 6.07) is 10.1. The van der Waals surface area contributed by atoms with Crippen LogP contribution in [0.5, 0.6) is 5.75 Å². The van der Waals surface area contributed by atoms with Crippen LogP contribution in [-0.2, 0) is 4.79 Å². The first-order valence-corrected chi connectivity index (χ1v) is 8.58. The van der Waals surface area contributed by atoms with Gasteiger partial charge in [0.1, 0.15) is 5.75 Å². The van der Waals surface area contributed by atoms with Crippen LogP contribution in [0.15, 0.2) is 48.2 Å². The van der Waals surface area contributed by atoms with E-state index in [2.05, 4.69) is 22.8 Å². The van der Waals surface area contributed by atoms with Crippen LogP contribution in [0.25, 0.3) is 6.08 Å². The molecule has 5 heteroatoms. The molecule has 4 rings (SSSR count). The molecule has 0 spiro atoms. The Kier molecular flexibility index (Phi) is 3.92. The molecule has 1 aromatic heterocycles. The molecule has 0 N–H and O–H groups in total. The zero-order valence-electron chi connectivity index (χ0n) is 14.5. The van der Waals surface area contributed by atoms with Gasteiger partial charge in [0.05, 0.1) is 18.0 Å². The fraction of sp³-hybridized carbons (Fsp3) is 0.300. The summed E-state index contributed by atoms with van der Waals surface area (Å²) in [5, 5.41) is 4.57. The molecule has 3 heterocycles. The first-order valence-electron chi connectivity index (χ1n) is 8.58. The summed E-state index contributed by atoms with van der Waals surface area (Å²) in [7, 11) is 0. The molecule has 2 aromatic rings. The molecule has 25 heavy (non-hydrogen) atoms. The van der Waals surface area contributed by atoms with E-state index in [1.54, 1.807) is 12.3 Å². The minimum Gasteiger partial charge on any atom is -0.464 e. The first-order chi connectivity index (χ1) is 12.1. The van der Waals surface area contributed by atoms with Crippen LogP contribution >= 0.6 is 0 Å². The molecule has 0 unspecified atom stereocenters. The Morgan fingerprint density at radius 3 is 2.92 bits per heavy atom. The number of carbonyl (C=O) groups excluding carboxylic acids is 1. The number of fused-ring (bicyclic) bond motifs is 1. The summed E-state index contributed by atoms with van der Waals surface area (Å²) >= 11 is 0. The van der Waals surface area contributed by atoms with Crippen molar-refractivity contribution < 1.29 is 9.53 Å². The van der Waals surface area contributed by atoms with Gasteiger partial charge >= 0.3 is 0 Å². The summed E-state index contributed by atoms with van der Waals surface area (Å²) in [6.07, 6.45) is 6.17. The van der Waals surface area contributed by atoms with Crippen LogP contribution in [-0.4, -0.2) is 33.7 Å². The third kappa shape index (κ3) is 2.97. The largest absolute Gasteiger partial charge is 0.464 e. The SMILES string of the molecule is Cc1cc(C)n([C@H]2CCN(C(=O)C3=Cc4ccccc4OC=C3)C2)n1. The summed E-state index contributed by atoms with van der Waals surface area (Å²) in [5.41, 5.74) is 3.74. The van der Waals surface area contributed by atoms with Gasteiger partial charge in [-0.3, -0.25) is 9.48 Å². The molecule has 1 aromatic carbocycles. The predicted molar refractivity (Wildman–Crippen MR) is 96.1 cm³/mol. The maximum Gasteiger partial charge on any atom is 0.254 e. The van der Waals surface area contributed by atoms with Gasteiger partial charge < -0.3 is 9.64 Å². The molecule has 5 nitrogen and oxygen atoms in total. The Labute approximate surface area is 147 Å². The second-order valence-corrected chi connectivity index (χ2v) is 6.62. The van der Waals surface area contributed by atoms with Crippen molar-refractivity contribution in [3.63, 3.8) is 0 Å². The Bertz CT molecular complexity index is 879. The molecular weight excluding hydrogens is 314 g/mol. The summed E-state index contributed by atoms with van der Waals surface area (Å²) in [6.45, 7) is 5.50. The fourth-order valence-corrected chi connectivity index (χ4v) is 3.56. The van der Waals surface area contributed by atoms with Crippen molar-refractivity contribution in [3.05, 3.63) is 65.2 Å². The second-order valence-electron chi connectivity index (χ2n) is 6.62. The number of amides is 1. The number of hydrogen-bond donors (Lipinski definition) is 0. The predicted octanol–water partition coefficient (Wildman–Crippen LogP) is 3.26. The number of carbonyl (C=O) groups is 1. The lowest BCUT2D eigenvalue weighted by atomic mass is 10.1. The maximum atomic E-state index is 13.0. The van der Waals surface area contributed by atoms with Crippen molar-refractivity contribution in [2.75, 3.05) is 13.1 Å². The molecule has 0 radical (unpaired) electrons. The van der Waals surface area contributed by atoms with E-state index in [1.165, 1.54) is 0 Å². The highest BCUT2D eigenvalue weighted by Gasteiger charge is 2.30. The van der Waals surface area contributed by atoms with E-state index in [-0.39, 0.29) is 11.9 Å². The molecule has 128 valence electrons. The van der Waals surface area contributed by atoms with Gasteiger partial charge in [-0.2, -0.15) is 5.10 Å². The van der Waals surface area contributed by atoms with Gasteiger partial charge in [0.2, 0.25) is 0 Å². The van der Waals surface area contributed by atoms with Crippen LogP contribution in [0.3, 0.4) is 0 Å². The number of aromatic nitrogens is 2. The fourth-order valence-electron chi connectivity index (χ4n) is 3.56. The monoisotopic (exact) mass is 335 g/mol. The number of nitrogens with zero attached hydrogens (tertiary/aromatic N) is 3. The van der Waals surface area contributed by atoms with E-state index >= 15 is 0 Å². The number of aryl methyl sites for hydroxylation is 2. The minimum atomic E-state index is 0.0422. The third-order valence-corrected chi connectivity index (χ3v) is 4.76.